The van der Waals surface area contributed by atoms with Crippen molar-refractivity contribution in [3.8, 4) is 0 Å². The summed E-state index contributed by atoms with van der Waals surface area (Å²) in [6, 6.07) is 15.3. The van der Waals surface area contributed by atoms with Gasteiger partial charge in [-0.2, -0.15) is 13.2 Å². The molecule has 7 nitrogen and oxygen atoms in total. The van der Waals surface area contributed by atoms with Gasteiger partial charge in [0, 0.05) is 37.0 Å². The third kappa shape index (κ3) is 6.69. The Morgan fingerprint density at radius 3 is 2.47 bits per heavy atom. The lowest BCUT2D eigenvalue weighted by Gasteiger charge is -2.26. The second-order valence-electron chi connectivity index (χ2n) is 9.38. The molecule has 2 aromatic carbocycles. The second kappa shape index (κ2) is 11.6. The topological polar surface area (TPSA) is 106 Å². The molecule has 0 saturated carbocycles. The number of nitrogen functional groups attached to an aromatic ring is 1. The largest absolute Gasteiger partial charge is 0.418 e. The Hall–Kier alpha value is -3.92. The highest BCUT2D eigenvalue weighted by atomic mass is 19.4. The SMILES string of the molecule is Nc1ccc(C(=O)CCCC2(C(=O)NCc3ccc(Nc4ccccc4C(F)(F)F)cc3)CCOC2)cn1. The summed E-state index contributed by atoms with van der Waals surface area (Å²) in [5.74, 6) is 0.148. The van der Waals surface area contributed by atoms with Crippen molar-refractivity contribution in [1.29, 1.82) is 0 Å². The average Bonchev–Trinajstić information content (AvgIpc) is 3.38. The van der Waals surface area contributed by atoms with Crippen molar-refractivity contribution in [3.05, 3.63) is 83.6 Å². The number of ketones is 1. The molecular formula is C28H29F3N4O3. The van der Waals surface area contributed by atoms with Gasteiger partial charge in [-0.25, -0.2) is 4.98 Å². The van der Waals surface area contributed by atoms with E-state index >= 15 is 0 Å². The number of Topliss-reactive ketones (excluding diaryl/α,β-unsaturated/α-hetero) is 1. The van der Waals surface area contributed by atoms with Gasteiger partial charge >= 0.3 is 6.18 Å². The molecule has 3 aromatic rings. The van der Waals surface area contributed by atoms with E-state index in [1.54, 1.807) is 36.4 Å². The van der Waals surface area contributed by atoms with Crippen LogP contribution in [0.25, 0.3) is 0 Å². The van der Waals surface area contributed by atoms with Crippen LogP contribution in [0.5, 0.6) is 0 Å². The van der Waals surface area contributed by atoms with Gasteiger partial charge in [0.2, 0.25) is 5.91 Å². The third-order valence-corrected chi connectivity index (χ3v) is 6.67. The van der Waals surface area contributed by atoms with E-state index in [2.05, 4.69) is 15.6 Å². The Morgan fingerprint density at radius 2 is 1.82 bits per heavy atom. The van der Waals surface area contributed by atoms with E-state index in [9.17, 15) is 22.8 Å². The molecule has 1 aromatic heterocycles. The van der Waals surface area contributed by atoms with Crippen LogP contribution in [0.4, 0.5) is 30.4 Å². The highest BCUT2D eigenvalue weighted by Crippen LogP contribution is 2.36. The number of pyridine rings is 1. The fourth-order valence-electron chi connectivity index (χ4n) is 4.47. The first-order chi connectivity index (χ1) is 18.2. The Bertz CT molecular complexity index is 1260. The molecule has 0 radical (unpaired) electrons. The number of nitrogens with two attached hydrogens (primary N) is 1. The minimum absolute atomic E-state index is 0.0321. The van der Waals surface area contributed by atoms with Crippen LogP contribution in [0.2, 0.25) is 0 Å². The molecular weight excluding hydrogens is 497 g/mol. The van der Waals surface area contributed by atoms with Crippen LogP contribution in [0.1, 0.15) is 47.2 Å². The molecule has 4 N–H and O–H groups in total. The number of hydrogen-bond donors (Lipinski definition) is 3. The van der Waals surface area contributed by atoms with Gasteiger partial charge in [0.05, 0.1) is 23.3 Å². The molecule has 0 spiro atoms. The van der Waals surface area contributed by atoms with Crippen LogP contribution < -0.4 is 16.4 Å². The summed E-state index contributed by atoms with van der Waals surface area (Å²) in [4.78, 5) is 29.5. The number of aromatic nitrogens is 1. The van der Waals surface area contributed by atoms with Crippen molar-refractivity contribution in [2.45, 2.75) is 38.4 Å². The fraction of sp³-hybridized carbons (Fsp3) is 0.321. The molecule has 200 valence electrons. The molecule has 1 saturated heterocycles. The molecule has 38 heavy (non-hydrogen) atoms. The maximum atomic E-state index is 13.2. The van der Waals surface area contributed by atoms with Gasteiger partial charge in [-0.05, 0) is 61.2 Å². The summed E-state index contributed by atoms with van der Waals surface area (Å²) >= 11 is 0. The first-order valence-corrected chi connectivity index (χ1v) is 12.3. The van der Waals surface area contributed by atoms with E-state index in [-0.39, 0.29) is 37.0 Å². The summed E-state index contributed by atoms with van der Waals surface area (Å²) in [6.45, 7) is 1.02. The van der Waals surface area contributed by atoms with Gasteiger partial charge in [-0.3, -0.25) is 9.59 Å². The van der Waals surface area contributed by atoms with Crippen LogP contribution in [0.3, 0.4) is 0 Å². The first-order valence-electron chi connectivity index (χ1n) is 12.3. The zero-order valence-electron chi connectivity index (χ0n) is 20.7. The number of anilines is 3. The number of para-hydroxylation sites is 1. The van der Waals surface area contributed by atoms with Gasteiger partial charge in [0.15, 0.2) is 5.78 Å². The van der Waals surface area contributed by atoms with Crippen molar-refractivity contribution in [2.24, 2.45) is 5.41 Å². The van der Waals surface area contributed by atoms with Crippen molar-refractivity contribution in [2.75, 3.05) is 24.3 Å². The molecule has 1 aliphatic rings. The molecule has 0 aliphatic carbocycles. The molecule has 0 bridgehead atoms. The predicted molar refractivity (Wildman–Crippen MR) is 138 cm³/mol. The van der Waals surface area contributed by atoms with Crippen molar-refractivity contribution >= 4 is 28.9 Å². The number of carbonyl (C=O) groups excluding carboxylic acids is 2. The summed E-state index contributed by atoms with van der Waals surface area (Å²) in [5.41, 5.74) is 5.87. The van der Waals surface area contributed by atoms with E-state index in [4.69, 9.17) is 10.5 Å². The van der Waals surface area contributed by atoms with Gasteiger partial charge in [0.1, 0.15) is 5.82 Å². The Kier molecular flexibility index (Phi) is 8.31. The van der Waals surface area contributed by atoms with Gasteiger partial charge in [-0.15, -0.1) is 0 Å². The van der Waals surface area contributed by atoms with Gasteiger partial charge < -0.3 is 21.1 Å². The lowest BCUT2D eigenvalue weighted by molar-refractivity contribution is -0.137. The summed E-state index contributed by atoms with van der Waals surface area (Å²) < 4.78 is 45.3. The minimum atomic E-state index is -4.46. The zero-order chi connectivity index (χ0) is 27.2. The summed E-state index contributed by atoms with van der Waals surface area (Å²) in [6.07, 6.45) is -1.12. The maximum Gasteiger partial charge on any atom is 0.418 e. The van der Waals surface area contributed by atoms with E-state index in [0.717, 1.165) is 11.6 Å². The predicted octanol–water partition coefficient (Wildman–Crippen LogP) is 5.50. The number of amides is 1. The number of ether oxygens (including phenoxy) is 1. The molecule has 1 atom stereocenters. The number of hydrogen-bond acceptors (Lipinski definition) is 6. The molecule has 10 heteroatoms. The number of nitrogens with one attached hydrogen (secondary N) is 2. The Balaban J connectivity index is 1.31. The van der Waals surface area contributed by atoms with Crippen molar-refractivity contribution in [3.63, 3.8) is 0 Å². The van der Waals surface area contributed by atoms with Crippen LogP contribution in [0.15, 0.2) is 66.9 Å². The quantitative estimate of drug-likeness (QED) is 0.301. The molecule has 1 amide bonds. The van der Waals surface area contributed by atoms with Crippen molar-refractivity contribution < 1.29 is 27.5 Å². The summed E-state index contributed by atoms with van der Waals surface area (Å²) in [5, 5.41) is 5.77. The number of carbonyl (C=O) groups is 2. The molecule has 1 fully saturated rings. The third-order valence-electron chi connectivity index (χ3n) is 6.67. The smallest absolute Gasteiger partial charge is 0.384 e. The Labute approximate surface area is 218 Å². The van der Waals surface area contributed by atoms with Crippen LogP contribution in [0, 0.1) is 5.41 Å². The highest BCUT2D eigenvalue weighted by Gasteiger charge is 2.41. The molecule has 1 aliphatic heterocycles. The maximum absolute atomic E-state index is 13.2. The zero-order valence-corrected chi connectivity index (χ0v) is 20.7. The number of benzene rings is 2. The fourth-order valence-corrected chi connectivity index (χ4v) is 4.47. The van der Waals surface area contributed by atoms with Crippen LogP contribution in [-0.4, -0.2) is 29.9 Å². The number of alkyl halides is 3. The number of rotatable bonds is 10. The highest BCUT2D eigenvalue weighted by molar-refractivity contribution is 5.95. The van der Waals surface area contributed by atoms with E-state index in [0.29, 0.717) is 42.9 Å². The van der Waals surface area contributed by atoms with Crippen molar-refractivity contribution in [1.82, 2.24) is 10.3 Å². The first kappa shape index (κ1) is 27.1. The normalized spacial score (nSPS) is 17.2. The van der Waals surface area contributed by atoms with Gasteiger partial charge in [0.25, 0.3) is 0 Å². The van der Waals surface area contributed by atoms with Crippen LogP contribution in [-0.2, 0) is 22.3 Å². The average molecular weight is 527 g/mol. The molecule has 4 rings (SSSR count). The Morgan fingerprint density at radius 1 is 1.05 bits per heavy atom. The lowest BCUT2D eigenvalue weighted by Crippen LogP contribution is -2.41. The van der Waals surface area contributed by atoms with E-state index in [1.807, 2.05) is 0 Å². The number of halogens is 3. The van der Waals surface area contributed by atoms with E-state index in [1.165, 1.54) is 24.4 Å². The minimum Gasteiger partial charge on any atom is -0.384 e. The van der Waals surface area contributed by atoms with Gasteiger partial charge in [-0.1, -0.05) is 24.3 Å². The van der Waals surface area contributed by atoms with E-state index < -0.39 is 17.2 Å². The number of nitrogens with zero attached hydrogens (tertiary/aromatic N) is 1. The lowest BCUT2D eigenvalue weighted by atomic mass is 9.80. The summed E-state index contributed by atoms with van der Waals surface area (Å²) in [7, 11) is 0. The standard InChI is InChI=1S/C28H29F3N4O3/c29-28(30,31)22-4-1-2-5-23(22)35-21-10-7-19(8-11-21)16-34-26(37)27(14-15-38-18-27)13-3-6-24(36)20-9-12-25(32)33-17-20/h1-2,4-5,7-12,17,35H,3,6,13-16,18H2,(H2,32,33)(H,34,37). The molecule has 1 unspecified atom stereocenters. The van der Waals surface area contributed by atoms with Crippen LogP contribution >= 0.6 is 0 Å². The monoisotopic (exact) mass is 526 g/mol. The second-order valence-corrected chi connectivity index (χ2v) is 9.38. The molecule has 2 heterocycles.